The Bertz CT molecular complexity index is 5730. The van der Waals surface area contributed by atoms with Crippen LogP contribution >= 0.6 is 0 Å². The number of furan rings is 2. The van der Waals surface area contributed by atoms with Crippen molar-refractivity contribution in [2.24, 2.45) is 0 Å². The first kappa shape index (κ1) is 105. The summed E-state index contributed by atoms with van der Waals surface area (Å²) in [7, 11) is -3.59. The number of hydrogen-bond acceptors (Lipinski definition) is 15. The summed E-state index contributed by atoms with van der Waals surface area (Å²) in [5.74, 6) is 0.125. The van der Waals surface area contributed by atoms with E-state index >= 15 is 0 Å². The maximum absolute atomic E-state index is 10.7. The number of ketones is 3. The van der Waals surface area contributed by atoms with Crippen LogP contribution in [0.4, 0.5) is 13.2 Å². The Kier molecular flexibility index (Phi) is 43.5. The molecule has 0 aliphatic rings. The Hall–Kier alpha value is -9.66. The van der Waals surface area contributed by atoms with E-state index in [1.807, 2.05) is 134 Å². The SMILES string of the molecule is CC(=O)CC(C)=O.CC(=[OH+])C=C(C)O.CC(C)(C)c1ccc2c(ccc3c(-c4[c-]ccc5c4oc4ccccc45)nccc32)c1.CC(C)(C)c1ccc2c(ccc3c(-c4cccc5c4oc4ccccc45)nccc32)c1.C[OH2+].C[OH2+].O=CO[O-].O=S(=O)([O-])C(F)(F)F.[H-].[Ir-3].[Ir-3].[Na+].[Na+].[c-]1ccccc1-c1ccccn1.[c-]1ccccc1-c1ccccn1. The van der Waals surface area contributed by atoms with Crippen LogP contribution < -0.4 is 64.4 Å². The minimum atomic E-state index is -6.09. The van der Waals surface area contributed by atoms with Crippen molar-refractivity contribution < 1.29 is 180 Å². The minimum Gasteiger partial charge on any atom is -3.00 e. The molecule has 0 atom stereocenters. The van der Waals surface area contributed by atoms with Gasteiger partial charge in [0.25, 0.3) is 6.47 Å². The van der Waals surface area contributed by atoms with Crippen molar-refractivity contribution >= 4 is 121 Å². The van der Waals surface area contributed by atoms with Gasteiger partial charge in [0.2, 0.25) is 0 Å². The Morgan fingerprint density at radius 2 is 0.900 bits per heavy atom. The molecular formula is C94H90F3Ir2N4Na2O14S-7. The van der Waals surface area contributed by atoms with Crippen LogP contribution in [0.3, 0.4) is 0 Å². The minimum absolute atomic E-state index is 0. The van der Waals surface area contributed by atoms with Crippen molar-refractivity contribution in [3.8, 4) is 45.0 Å². The van der Waals surface area contributed by atoms with Gasteiger partial charge in [0, 0.05) is 51.9 Å². The number of halogens is 3. The van der Waals surface area contributed by atoms with E-state index in [4.69, 9.17) is 61.9 Å². The zero-order valence-corrected chi connectivity index (χ0v) is 78.3. The molecule has 10 aromatic carbocycles. The zero-order chi connectivity index (χ0) is 84.9. The van der Waals surface area contributed by atoms with Gasteiger partial charge in [-0.1, -0.05) is 186 Å². The van der Waals surface area contributed by atoms with Crippen molar-refractivity contribution in [1.82, 2.24) is 19.9 Å². The number of carbonyl (C=O) groups excluding carboxylic acids is 4. The third kappa shape index (κ3) is 29.3. The van der Waals surface area contributed by atoms with E-state index in [0.717, 1.165) is 99.7 Å². The van der Waals surface area contributed by atoms with Gasteiger partial charge in [0.05, 0.1) is 36.5 Å². The molecule has 0 saturated heterocycles. The van der Waals surface area contributed by atoms with Gasteiger partial charge < -0.3 is 95.4 Å². The fourth-order valence-corrected chi connectivity index (χ4v) is 11.9. The van der Waals surface area contributed by atoms with Crippen LogP contribution in [0, 0.1) is 18.2 Å². The summed E-state index contributed by atoms with van der Waals surface area (Å²) < 4.78 is 71.4. The summed E-state index contributed by atoms with van der Waals surface area (Å²) in [6, 6.07) is 90.4. The molecule has 6 heterocycles. The van der Waals surface area contributed by atoms with Gasteiger partial charge >= 0.3 is 70.4 Å². The molecule has 26 heteroatoms. The number of aliphatic hydroxyl groups is 1. The van der Waals surface area contributed by atoms with Gasteiger partial charge in [-0.2, -0.15) is 13.2 Å². The number of hydrogen-bond donors (Lipinski definition) is 1. The van der Waals surface area contributed by atoms with Crippen LogP contribution in [0.25, 0.3) is 132 Å². The third-order valence-corrected chi connectivity index (χ3v) is 17.6. The Morgan fingerprint density at radius 3 is 1.27 bits per heavy atom. The average molecular weight is 2020 g/mol. The standard InChI is InChI=1S/C29H23NO.C29H22NO.2C11H8N.2C5H8O2.CHF3O3S.CH2O3.2CH4O.2Ir.2Na.H/c2*1-29(2,3)19-12-14-20-18(17-19)11-13-23-21(20)15-16-30-27(23)25-9-6-8-24-22-7-4-5-10-26(22)31-28(24)25;2*1-2-6-10(7-3-1)11-8-4-5-9-12-11;2*1-4(6)3-5(2)7;2-1(3,4)8(5,6)7;2-1-4-3;2*1-2;;;;;/h4-17H,1-3H3;4-8,10-17H,1-3H3;2*1-6,8-9H;3H2,1-2H3;3,6H,1-2H3;(H,5,6,7);1,3H;2*2H,1H3;;;;;/q;3*-1;;;;;;;2*-3;2*+1;-1/p+1. The first-order chi connectivity index (χ1) is 55.4. The summed E-state index contributed by atoms with van der Waals surface area (Å²) in [5.41, 5.74) is 8.65. The Balaban J connectivity index is 0.000000508. The normalized spacial score (nSPS) is 10.7. The van der Waals surface area contributed by atoms with Crippen LogP contribution in [-0.4, -0.2) is 96.6 Å². The zero-order valence-electron chi connectivity index (χ0n) is 69.7. The number of alkyl halides is 3. The van der Waals surface area contributed by atoms with Crippen LogP contribution in [-0.2, 0) is 80.4 Å². The maximum atomic E-state index is 10.7. The van der Waals surface area contributed by atoms with E-state index in [-0.39, 0.29) is 148 Å². The van der Waals surface area contributed by atoms with E-state index in [1.54, 1.807) is 12.4 Å². The van der Waals surface area contributed by atoms with Crippen LogP contribution in [0.5, 0.6) is 0 Å². The monoisotopic (exact) mass is 2020 g/mol. The molecule has 0 spiro atoms. The quantitative estimate of drug-likeness (QED) is 0.0120. The smallest absolute Gasteiger partial charge is 1.00 e. The van der Waals surface area contributed by atoms with Gasteiger partial charge in [0.15, 0.2) is 10.1 Å². The molecule has 6 N–H and O–H groups in total. The summed E-state index contributed by atoms with van der Waals surface area (Å²) in [6.45, 7) is 19.1. The number of para-hydroxylation sites is 3. The molecule has 0 fully saturated rings. The van der Waals surface area contributed by atoms with Gasteiger partial charge in [-0.25, -0.2) is 8.42 Å². The fraction of sp³-hybridized carbons (Fsp3) is 0.170. The molecule has 0 saturated carbocycles. The largest absolute Gasteiger partial charge is 3.00 e. The Morgan fingerprint density at radius 1 is 0.500 bits per heavy atom. The number of nitrogens with zero attached hydrogens (tertiary/aromatic N) is 4. The second-order valence-electron chi connectivity index (χ2n) is 27.6. The molecule has 18 nitrogen and oxygen atoms in total. The number of aromatic nitrogens is 4. The van der Waals surface area contributed by atoms with Crippen molar-refractivity contribution in [1.29, 1.82) is 0 Å². The van der Waals surface area contributed by atoms with E-state index < -0.39 is 15.6 Å². The molecule has 0 bridgehead atoms. The molecule has 0 aliphatic heterocycles. The van der Waals surface area contributed by atoms with E-state index in [9.17, 15) is 22.8 Å². The molecule has 624 valence electrons. The molecule has 0 radical (unpaired) electrons. The van der Waals surface area contributed by atoms with Crippen molar-refractivity contribution in [2.75, 3.05) is 14.2 Å². The predicted molar refractivity (Wildman–Crippen MR) is 455 cm³/mol. The number of pyridine rings is 4. The van der Waals surface area contributed by atoms with Gasteiger partial charge in [0.1, 0.15) is 42.5 Å². The first-order valence-corrected chi connectivity index (χ1v) is 37.5. The second kappa shape index (κ2) is 49.9. The molecule has 0 amide bonds. The summed E-state index contributed by atoms with van der Waals surface area (Å²) in [5, 5.41) is 42.5. The first-order valence-electron chi connectivity index (χ1n) is 36.1. The third-order valence-electron chi connectivity index (χ3n) is 17.0. The van der Waals surface area contributed by atoms with Gasteiger partial charge in [-0.05, 0) is 140 Å². The number of carbonyl (C=O) groups is 3. The molecule has 16 rings (SSSR count). The molecule has 6 aromatic heterocycles. The van der Waals surface area contributed by atoms with E-state index in [2.05, 4.69) is 190 Å². The van der Waals surface area contributed by atoms with E-state index in [1.165, 1.54) is 91.4 Å². The number of Topliss-reactive ketones (excluding diaryl/α,β-unsaturated/α-hetero) is 2. The topological polar surface area (TPSA) is 306 Å². The number of benzene rings is 10. The average Bonchev–Trinajstić information content (AvgIpc) is 1.74. The van der Waals surface area contributed by atoms with Crippen LogP contribution in [0.1, 0.15) is 88.2 Å². The molecule has 0 unspecified atom stereocenters. The fourth-order valence-electron chi connectivity index (χ4n) is 11.9. The van der Waals surface area contributed by atoms with Crippen molar-refractivity contribution in [3.05, 3.63) is 303 Å². The Labute approximate surface area is 767 Å². The predicted octanol–water partition coefficient (Wildman–Crippen LogP) is 14.3. The molecule has 16 aromatic rings. The van der Waals surface area contributed by atoms with Crippen molar-refractivity contribution in [2.45, 2.75) is 92.0 Å². The van der Waals surface area contributed by atoms with Gasteiger partial charge in [-0.3, -0.25) is 24.2 Å². The number of rotatable bonds is 8. The molecular weight excluding hydrogens is 1930 g/mol. The van der Waals surface area contributed by atoms with Crippen LogP contribution in [0.15, 0.2) is 282 Å². The second-order valence-corrected chi connectivity index (χ2v) is 28.9. The summed E-state index contributed by atoms with van der Waals surface area (Å²) in [4.78, 5) is 57.7. The van der Waals surface area contributed by atoms with E-state index in [0.29, 0.717) is 0 Å². The summed E-state index contributed by atoms with van der Waals surface area (Å²) >= 11 is 0. The van der Waals surface area contributed by atoms with Crippen LogP contribution in [0.2, 0.25) is 0 Å². The number of fused-ring (bicyclic) bond motifs is 12. The summed E-state index contributed by atoms with van der Waals surface area (Å²) in [6.07, 6.45) is 8.74. The number of allylic oxidation sites excluding steroid dienone is 2. The maximum Gasteiger partial charge on any atom is 1.00 e. The molecule has 0 aliphatic carbocycles. The van der Waals surface area contributed by atoms with Crippen molar-refractivity contribution in [3.63, 3.8) is 0 Å². The van der Waals surface area contributed by atoms with Gasteiger partial charge in [-0.15, -0.1) is 90.0 Å². The number of aliphatic hydroxyl groups excluding tert-OH is 1. The molecule has 120 heavy (non-hydrogen) atoms.